The van der Waals surface area contributed by atoms with Gasteiger partial charge in [0, 0.05) is 18.7 Å². The first kappa shape index (κ1) is 17.8. The Morgan fingerprint density at radius 2 is 2.20 bits per heavy atom. The zero-order valence-corrected chi connectivity index (χ0v) is 14.5. The van der Waals surface area contributed by atoms with Gasteiger partial charge in [0.05, 0.1) is 18.2 Å². The van der Waals surface area contributed by atoms with Crippen molar-refractivity contribution in [3.05, 3.63) is 29.3 Å². The van der Waals surface area contributed by atoms with Crippen LogP contribution in [0, 0.1) is 0 Å². The molecule has 0 saturated carbocycles. The van der Waals surface area contributed by atoms with E-state index in [4.69, 9.17) is 10.5 Å². The minimum Gasteiger partial charge on any atom is -0.376 e. The predicted molar refractivity (Wildman–Crippen MR) is 89.6 cm³/mol. The Morgan fingerprint density at radius 3 is 2.88 bits per heavy atom. The van der Waals surface area contributed by atoms with E-state index in [9.17, 15) is 18.0 Å². The fourth-order valence-electron chi connectivity index (χ4n) is 2.98. The first-order valence-corrected chi connectivity index (χ1v) is 9.70. The lowest BCUT2D eigenvalue weighted by Crippen LogP contribution is -2.36. The number of amides is 2. The minimum absolute atomic E-state index is 0.00781. The molecule has 0 radical (unpaired) electrons. The maximum atomic E-state index is 12.7. The highest BCUT2D eigenvalue weighted by Crippen LogP contribution is 2.32. The first-order chi connectivity index (χ1) is 11.9. The van der Waals surface area contributed by atoms with Crippen molar-refractivity contribution < 1.29 is 22.7 Å². The Bertz CT molecular complexity index is 787. The minimum atomic E-state index is -3.96. The topological polar surface area (TPSA) is 119 Å². The van der Waals surface area contributed by atoms with Gasteiger partial charge in [-0.2, -0.15) is 0 Å². The summed E-state index contributed by atoms with van der Waals surface area (Å²) in [5.74, 6) is -0.961. The predicted octanol–water partition coefficient (Wildman–Crippen LogP) is 0.0887. The van der Waals surface area contributed by atoms with Crippen molar-refractivity contribution in [3.8, 4) is 0 Å². The zero-order chi connectivity index (χ0) is 18.0. The summed E-state index contributed by atoms with van der Waals surface area (Å²) in [5.41, 5.74) is 5.67. The molecule has 2 heterocycles. The number of benzene rings is 1. The molecule has 3 rings (SSSR count). The van der Waals surface area contributed by atoms with Gasteiger partial charge in [-0.3, -0.25) is 9.59 Å². The van der Waals surface area contributed by atoms with Crippen molar-refractivity contribution in [3.63, 3.8) is 0 Å². The third kappa shape index (κ3) is 3.39. The van der Waals surface area contributed by atoms with Gasteiger partial charge >= 0.3 is 0 Å². The van der Waals surface area contributed by atoms with Gasteiger partial charge in [-0.1, -0.05) is 0 Å². The van der Waals surface area contributed by atoms with Crippen LogP contribution in [0.3, 0.4) is 0 Å². The van der Waals surface area contributed by atoms with Crippen LogP contribution in [0.1, 0.15) is 40.0 Å². The van der Waals surface area contributed by atoms with Gasteiger partial charge in [-0.15, -0.1) is 0 Å². The molecule has 2 amide bonds. The van der Waals surface area contributed by atoms with E-state index in [1.807, 2.05) is 0 Å². The van der Waals surface area contributed by atoms with Gasteiger partial charge in [-0.05, 0) is 44.0 Å². The summed E-state index contributed by atoms with van der Waals surface area (Å²) in [6.45, 7) is 1.44. The number of nitrogens with two attached hydrogens (primary N) is 1. The third-order valence-electron chi connectivity index (χ3n) is 4.33. The van der Waals surface area contributed by atoms with E-state index in [0.29, 0.717) is 26.1 Å². The second kappa shape index (κ2) is 7.11. The van der Waals surface area contributed by atoms with Crippen molar-refractivity contribution in [2.24, 2.45) is 5.73 Å². The standard InChI is InChI=1S/C16H21N3O5S/c17-6-2-7-18-15(20)11-4-5-13-14(9-11)25(22,23)19(16(13)21)10-12-3-1-8-24-12/h4-5,9,12H,1-3,6-8,10,17H2,(H,18,20). The monoisotopic (exact) mass is 367 g/mol. The Morgan fingerprint density at radius 1 is 1.40 bits per heavy atom. The van der Waals surface area contributed by atoms with Crippen LogP contribution in [-0.4, -0.2) is 56.9 Å². The molecule has 2 aliphatic rings. The van der Waals surface area contributed by atoms with Crippen molar-refractivity contribution in [1.29, 1.82) is 0 Å². The van der Waals surface area contributed by atoms with Crippen LogP contribution in [0.4, 0.5) is 0 Å². The lowest BCUT2D eigenvalue weighted by atomic mass is 10.1. The fourth-order valence-corrected chi connectivity index (χ4v) is 4.60. The molecule has 1 unspecified atom stereocenters. The molecule has 1 fully saturated rings. The summed E-state index contributed by atoms with van der Waals surface area (Å²) in [6.07, 6.45) is 1.94. The Kier molecular flexibility index (Phi) is 5.07. The highest BCUT2D eigenvalue weighted by molar-refractivity contribution is 7.90. The number of rotatable bonds is 6. The number of ether oxygens (including phenoxy) is 1. The molecule has 9 heteroatoms. The average molecular weight is 367 g/mol. The number of nitrogens with zero attached hydrogens (tertiary/aromatic N) is 1. The Labute approximate surface area is 146 Å². The molecular weight excluding hydrogens is 346 g/mol. The molecule has 0 bridgehead atoms. The maximum Gasteiger partial charge on any atom is 0.269 e. The molecule has 2 aliphatic heterocycles. The molecule has 3 N–H and O–H groups in total. The first-order valence-electron chi connectivity index (χ1n) is 8.26. The van der Waals surface area contributed by atoms with E-state index in [0.717, 1.165) is 17.1 Å². The third-order valence-corrected chi connectivity index (χ3v) is 6.12. The average Bonchev–Trinajstić information content (AvgIpc) is 3.17. The molecule has 0 spiro atoms. The van der Waals surface area contributed by atoms with E-state index in [1.165, 1.54) is 18.2 Å². The summed E-state index contributed by atoms with van der Waals surface area (Å²) in [7, 11) is -3.96. The maximum absolute atomic E-state index is 12.7. The van der Waals surface area contributed by atoms with Crippen molar-refractivity contribution in [2.75, 3.05) is 26.2 Å². The van der Waals surface area contributed by atoms with Crippen molar-refractivity contribution >= 4 is 21.8 Å². The second-order valence-electron chi connectivity index (χ2n) is 6.09. The largest absolute Gasteiger partial charge is 0.376 e. The fraction of sp³-hybridized carbons (Fsp3) is 0.500. The molecule has 25 heavy (non-hydrogen) atoms. The number of hydrogen-bond acceptors (Lipinski definition) is 6. The van der Waals surface area contributed by atoms with Crippen molar-refractivity contribution in [2.45, 2.75) is 30.3 Å². The van der Waals surface area contributed by atoms with Gasteiger partial charge in [0.25, 0.3) is 21.8 Å². The van der Waals surface area contributed by atoms with E-state index in [2.05, 4.69) is 5.32 Å². The lowest BCUT2D eigenvalue weighted by Gasteiger charge is -2.18. The van der Waals surface area contributed by atoms with Gasteiger partial charge < -0.3 is 15.8 Å². The van der Waals surface area contributed by atoms with Crippen LogP contribution in [0.5, 0.6) is 0 Å². The lowest BCUT2D eigenvalue weighted by molar-refractivity contribution is 0.0707. The van der Waals surface area contributed by atoms with Gasteiger partial charge in [0.1, 0.15) is 4.90 Å². The van der Waals surface area contributed by atoms with E-state index in [-0.39, 0.29) is 28.7 Å². The Hall–Kier alpha value is -1.97. The molecule has 8 nitrogen and oxygen atoms in total. The number of fused-ring (bicyclic) bond motifs is 1. The van der Waals surface area contributed by atoms with Gasteiger partial charge in [0.15, 0.2) is 0 Å². The van der Waals surface area contributed by atoms with Crippen LogP contribution >= 0.6 is 0 Å². The Balaban J connectivity index is 1.83. The van der Waals surface area contributed by atoms with E-state index in [1.54, 1.807) is 0 Å². The number of carbonyl (C=O) groups excluding carboxylic acids is 2. The van der Waals surface area contributed by atoms with Crippen LogP contribution in [0.15, 0.2) is 23.1 Å². The summed E-state index contributed by atoms with van der Waals surface area (Å²) < 4.78 is 31.7. The van der Waals surface area contributed by atoms with Gasteiger partial charge in [-0.25, -0.2) is 12.7 Å². The molecule has 0 aliphatic carbocycles. The smallest absolute Gasteiger partial charge is 0.269 e. The molecule has 1 aromatic carbocycles. The molecule has 0 aromatic heterocycles. The number of nitrogens with one attached hydrogen (secondary N) is 1. The van der Waals surface area contributed by atoms with E-state index < -0.39 is 21.8 Å². The van der Waals surface area contributed by atoms with E-state index >= 15 is 0 Å². The molecule has 1 saturated heterocycles. The number of hydrogen-bond donors (Lipinski definition) is 2. The van der Waals surface area contributed by atoms with Crippen molar-refractivity contribution in [1.82, 2.24) is 9.62 Å². The van der Waals surface area contributed by atoms with Crippen LogP contribution in [0.2, 0.25) is 0 Å². The second-order valence-corrected chi connectivity index (χ2v) is 7.92. The summed E-state index contributed by atoms with van der Waals surface area (Å²) >= 11 is 0. The number of sulfonamides is 1. The number of carbonyl (C=O) groups is 2. The molecule has 1 aromatic rings. The van der Waals surface area contributed by atoms with Crippen LogP contribution < -0.4 is 11.1 Å². The van der Waals surface area contributed by atoms with Gasteiger partial charge in [0.2, 0.25) is 0 Å². The van der Waals surface area contributed by atoms with Crippen LogP contribution in [0.25, 0.3) is 0 Å². The van der Waals surface area contributed by atoms with Crippen LogP contribution in [-0.2, 0) is 14.8 Å². The summed E-state index contributed by atoms with van der Waals surface area (Å²) in [5, 5.41) is 2.67. The molecule has 136 valence electrons. The quantitative estimate of drug-likeness (QED) is 0.688. The highest BCUT2D eigenvalue weighted by atomic mass is 32.2. The summed E-state index contributed by atoms with van der Waals surface area (Å²) in [4.78, 5) is 24.5. The summed E-state index contributed by atoms with van der Waals surface area (Å²) in [6, 6.07) is 4.11. The zero-order valence-electron chi connectivity index (χ0n) is 13.7. The normalized spacial score (nSPS) is 21.4. The SMILES string of the molecule is NCCCNC(=O)c1ccc2c(c1)S(=O)(=O)N(CC1CCCO1)C2=O. The molecule has 1 atom stereocenters. The molecular formula is C16H21N3O5S. The highest BCUT2D eigenvalue weighted by Gasteiger charge is 2.43.